The molecule has 0 unspecified atom stereocenters. The molecule has 1 aliphatic heterocycles. The normalized spacial score (nSPS) is 17.6. The van der Waals surface area contributed by atoms with Gasteiger partial charge in [0.25, 0.3) is 0 Å². The highest BCUT2D eigenvalue weighted by Crippen LogP contribution is 2.29. The molecule has 0 bridgehead atoms. The fraction of sp³-hybridized carbons (Fsp3) is 0.417. The van der Waals surface area contributed by atoms with Gasteiger partial charge < -0.3 is 10.6 Å². The van der Waals surface area contributed by atoms with Gasteiger partial charge in [0.2, 0.25) is 15.9 Å². The molecule has 0 aromatic heterocycles. The minimum Gasteiger partial charge on any atom is -0.398 e. The second kappa shape index (κ2) is 5.34. The van der Waals surface area contributed by atoms with Gasteiger partial charge in [-0.05, 0) is 24.6 Å². The molecule has 1 amide bonds. The lowest BCUT2D eigenvalue weighted by atomic mass is 10.2. The first-order valence-corrected chi connectivity index (χ1v) is 8.26. The Labute approximate surface area is 126 Å². The Balaban J connectivity index is 2.44. The fourth-order valence-electron chi connectivity index (χ4n) is 2.02. The van der Waals surface area contributed by atoms with E-state index >= 15 is 0 Å². The van der Waals surface area contributed by atoms with E-state index in [9.17, 15) is 13.2 Å². The average Bonchev–Trinajstić information content (AvgIpc) is 2.36. The van der Waals surface area contributed by atoms with E-state index in [0.717, 1.165) is 0 Å². The molecule has 0 aliphatic carbocycles. The molecule has 1 fully saturated rings. The van der Waals surface area contributed by atoms with Gasteiger partial charge in [-0.25, -0.2) is 8.42 Å². The topological polar surface area (TPSA) is 83.7 Å². The predicted octanol–water partition coefficient (Wildman–Crippen LogP) is 0.802. The Kier molecular flexibility index (Phi) is 4.08. The molecule has 110 valence electrons. The Morgan fingerprint density at radius 3 is 2.55 bits per heavy atom. The summed E-state index contributed by atoms with van der Waals surface area (Å²) in [6.07, 6.45) is 0. The van der Waals surface area contributed by atoms with Crippen molar-refractivity contribution in [1.29, 1.82) is 0 Å². The Morgan fingerprint density at radius 2 is 1.95 bits per heavy atom. The second-order valence-corrected chi connectivity index (χ2v) is 7.59. The lowest BCUT2D eigenvalue weighted by Gasteiger charge is -2.31. The number of piperazine rings is 1. The number of sulfonamides is 1. The van der Waals surface area contributed by atoms with Crippen LogP contribution in [0, 0.1) is 6.92 Å². The van der Waals surface area contributed by atoms with Crippen molar-refractivity contribution < 1.29 is 13.2 Å². The molecule has 0 spiro atoms. The van der Waals surface area contributed by atoms with E-state index in [1.165, 1.54) is 15.3 Å². The Bertz CT molecular complexity index is 660. The lowest BCUT2D eigenvalue weighted by Crippen LogP contribution is -2.50. The number of hydrogen-bond donors (Lipinski definition) is 1. The zero-order valence-corrected chi connectivity index (χ0v) is 13.7. The molecule has 20 heavy (non-hydrogen) atoms. The number of carbonyl (C=O) groups is 1. The Hall–Kier alpha value is -1.12. The average molecular weight is 362 g/mol. The SMILES string of the molecule is Cc1c(N)cc(Br)cc1S(=O)(=O)N1CCN(C)C(=O)C1. The van der Waals surface area contributed by atoms with Gasteiger partial charge in [0.15, 0.2) is 0 Å². The highest BCUT2D eigenvalue weighted by molar-refractivity contribution is 9.10. The van der Waals surface area contributed by atoms with Crippen LogP contribution in [0.5, 0.6) is 0 Å². The number of likely N-dealkylation sites (N-methyl/N-ethyl adjacent to an activating group) is 1. The summed E-state index contributed by atoms with van der Waals surface area (Å²) < 4.78 is 27.1. The summed E-state index contributed by atoms with van der Waals surface area (Å²) in [5, 5.41) is 0. The van der Waals surface area contributed by atoms with Crippen LogP contribution in [-0.2, 0) is 14.8 Å². The summed E-state index contributed by atoms with van der Waals surface area (Å²) in [5.74, 6) is -0.208. The number of anilines is 1. The highest BCUT2D eigenvalue weighted by Gasteiger charge is 2.32. The third-order valence-electron chi connectivity index (χ3n) is 3.40. The maximum absolute atomic E-state index is 12.6. The van der Waals surface area contributed by atoms with Gasteiger partial charge in [-0.15, -0.1) is 0 Å². The van der Waals surface area contributed by atoms with Gasteiger partial charge in [0.1, 0.15) is 0 Å². The molecule has 0 atom stereocenters. The molecule has 0 saturated carbocycles. The number of benzene rings is 1. The molecule has 2 rings (SSSR count). The minimum absolute atomic E-state index is 0.134. The van der Waals surface area contributed by atoms with Crippen LogP contribution in [0.1, 0.15) is 5.56 Å². The third-order valence-corrected chi connectivity index (χ3v) is 5.83. The van der Waals surface area contributed by atoms with Gasteiger partial charge in [0.05, 0.1) is 11.4 Å². The molecule has 2 N–H and O–H groups in total. The fourth-order valence-corrected chi connectivity index (χ4v) is 4.31. The van der Waals surface area contributed by atoms with Crippen LogP contribution in [0.4, 0.5) is 5.69 Å². The molecule has 1 aromatic carbocycles. The lowest BCUT2D eigenvalue weighted by molar-refractivity contribution is -0.132. The summed E-state index contributed by atoms with van der Waals surface area (Å²) in [6, 6.07) is 3.17. The maximum Gasteiger partial charge on any atom is 0.243 e. The smallest absolute Gasteiger partial charge is 0.243 e. The number of carbonyl (C=O) groups excluding carboxylic acids is 1. The summed E-state index contributed by atoms with van der Waals surface area (Å²) in [6.45, 7) is 2.20. The summed E-state index contributed by atoms with van der Waals surface area (Å²) >= 11 is 3.25. The Morgan fingerprint density at radius 1 is 1.30 bits per heavy atom. The van der Waals surface area contributed by atoms with E-state index in [0.29, 0.717) is 22.3 Å². The molecular formula is C12H16BrN3O3S. The minimum atomic E-state index is -3.72. The van der Waals surface area contributed by atoms with Gasteiger partial charge in [0, 0.05) is 30.3 Å². The van der Waals surface area contributed by atoms with Crippen LogP contribution >= 0.6 is 15.9 Å². The van der Waals surface area contributed by atoms with Crippen LogP contribution in [0.3, 0.4) is 0 Å². The van der Waals surface area contributed by atoms with Gasteiger partial charge >= 0.3 is 0 Å². The zero-order valence-electron chi connectivity index (χ0n) is 11.3. The van der Waals surface area contributed by atoms with Crippen molar-refractivity contribution in [3.63, 3.8) is 0 Å². The number of amides is 1. The van der Waals surface area contributed by atoms with Crippen molar-refractivity contribution in [3.8, 4) is 0 Å². The molecule has 0 radical (unpaired) electrons. The quantitative estimate of drug-likeness (QED) is 0.789. The predicted molar refractivity (Wildman–Crippen MR) is 79.7 cm³/mol. The summed E-state index contributed by atoms with van der Waals surface area (Å²) in [7, 11) is -2.06. The number of hydrogen-bond acceptors (Lipinski definition) is 4. The van der Waals surface area contributed by atoms with Crippen LogP contribution < -0.4 is 5.73 Å². The van der Waals surface area contributed by atoms with Crippen molar-refractivity contribution in [2.45, 2.75) is 11.8 Å². The van der Waals surface area contributed by atoms with E-state index < -0.39 is 10.0 Å². The van der Waals surface area contributed by atoms with Crippen LogP contribution in [0.25, 0.3) is 0 Å². The maximum atomic E-state index is 12.6. The van der Waals surface area contributed by atoms with Gasteiger partial charge in [-0.1, -0.05) is 15.9 Å². The first-order chi connectivity index (χ1) is 9.23. The molecule has 1 aliphatic rings. The van der Waals surface area contributed by atoms with Crippen molar-refractivity contribution >= 4 is 37.5 Å². The summed E-state index contributed by atoms with van der Waals surface area (Å²) in [4.78, 5) is 13.3. The van der Waals surface area contributed by atoms with E-state index in [4.69, 9.17) is 5.73 Å². The third kappa shape index (κ3) is 2.68. The van der Waals surface area contributed by atoms with Gasteiger partial charge in [-0.2, -0.15) is 4.31 Å². The summed E-state index contributed by atoms with van der Waals surface area (Å²) in [5.41, 5.74) is 6.71. The van der Waals surface area contributed by atoms with Crippen LogP contribution in [0.15, 0.2) is 21.5 Å². The van der Waals surface area contributed by atoms with Crippen LogP contribution in [-0.4, -0.2) is 50.2 Å². The molecule has 1 aromatic rings. The monoisotopic (exact) mass is 361 g/mol. The van der Waals surface area contributed by atoms with E-state index in [2.05, 4.69) is 15.9 Å². The number of halogens is 1. The van der Waals surface area contributed by atoms with E-state index in [-0.39, 0.29) is 23.9 Å². The van der Waals surface area contributed by atoms with Gasteiger partial charge in [-0.3, -0.25) is 4.79 Å². The number of nitrogen functional groups attached to an aromatic ring is 1. The van der Waals surface area contributed by atoms with Crippen molar-refractivity contribution in [2.24, 2.45) is 0 Å². The van der Waals surface area contributed by atoms with Crippen molar-refractivity contribution in [2.75, 3.05) is 32.4 Å². The highest BCUT2D eigenvalue weighted by atomic mass is 79.9. The number of nitrogens with two attached hydrogens (primary N) is 1. The largest absolute Gasteiger partial charge is 0.398 e. The first kappa shape index (κ1) is 15.3. The van der Waals surface area contributed by atoms with E-state index in [1.807, 2.05) is 0 Å². The van der Waals surface area contributed by atoms with Crippen molar-refractivity contribution in [1.82, 2.24) is 9.21 Å². The first-order valence-electron chi connectivity index (χ1n) is 6.03. The molecule has 8 heteroatoms. The standard InChI is InChI=1S/C12H16BrN3O3S/c1-8-10(14)5-9(13)6-11(8)20(18,19)16-4-3-15(2)12(17)7-16/h5-6H,3-4,7,14H2,1-2H3. The van der Waals surface area contributed by atoms with E-state index in [1.54, 1.807) is 20.0 Å². The zero-order chi connectivity index (χ0) is 15.1. The second-order valence-electron chi connectivity index (χ2n) is 4.77. The molecule has 6 nitrogen and oxygen atoms in total. The van der Waals surface area contributed by atoms with Crippen molar-refractivity contribution in [3.05, 3.63) is 22.2 Å². The molecule has 1 saturated heterocycles. The molecule has 1 heterocycles. The number of nitrogens with zero attached hydrogens (tertiary/aromatic N) is 2. The number of rotatable bonds is 2. The van der Waals surface area contributed by atoms with Crippen LogP contribution in [0.2, 0.25) is 0 Å². The molecular weight excluding hydrogens is 346 g/mol.